The summed E-state index contributed by atoms with van der Waals surface area (Å²) in [5.41, 5.74) is 7.13. The molecule has 4 nitrogen and oxygen atoms in total. The van der Waals surface area contributed by atoms with E-state index in [0.29, 0.717) is 37.7 Å². The smallest absolute Gasteiger partial charge is 0.223 e. The number of carbonyl (C=O) groups excluding carboxylic acids is 1. The zero-order valence-corrected chi connectivity index (χ0v) is 16.2. The highest BCUT2D eigenvalue weighted by Gasteiger charge is 2.35. The van der Waals surface area contributed by atoms with Gasteiger partial charge < -0.3 is 15.4 Å². The molecule has 1 aromatic rings. The van der Waals surface area contributed by atoms with Crippen molar-refractivity contribution in [2.45, 2.75) is 44.6 Å². The van der Waals surface area contributed by atoms with Crippen molar-refractivity contribution in [3.63, 3.8) is 0 Å². The third kappa shape index (κ3) is 5.10. The highest BCUT2D eigenvalue weighted by Crippen LogP contribution is 2.39. The largest absolute Gasteiger partial charge is 0.370 e. The van der Waals surface area contributed by atoms with E-state index in [4.69, 9.17) is 22.1 Å². The van der Waals surface area contributed by atoms with Crippen molar-refractivity contribution in [3.05, 3.63) is 34.9 Å². The van der Waals surface area contributed by atoms with Crippen molar-refractivity contribution in [2.24, 2.45) is 11.1 Å². The zero-order valence-electron chi connectivity index (χ0n) is 14.6. The number of rotatable bonds is 4. The molecule has 1 heterocycles. The van der Waals surface area contributed by atoms with E-state index < -0.39 is 0 Å². The summed E-state index contributed by atoms with van der Waals surface area (Å²) in [7, 11) is 0. The summed E-state index contributed by atoms with van der Waals surface area (Å²) < 4.78 is 5.86. The Labute approximate surface area is 161 Å². The second-order valence-corrected chi connectivity index (χ2v) is 7.63. The van der Waals surface area contributed by atoms with Gasteiger partial charge in [-0.15, -0.1) is 12.4 Å². The summed E-state index contributed by atoms with van der Waals surface area (Å²) in [6.45, 7) is 2.48. The van der Waals surface area contributed by atoms with Gasteiger partial charge in [-0.3, -0.25) is 4.79 Å². The third-order valence-corrected chi connectivity index (χ3v) is 5.79. The highest BCUT2D eigenvalue weighted by molar-refractivity contribution is 6.30. The second kappa shape index (κ2) is 9.22. The molecule has 25 heavy (non-hydrogen) atoms. The molecule has 1 saturated carbocycles. The molecule has 1 atom stereocenters. The first kappa shape index (κ1) is 20.5. The van der Waals surface area contributed by atoms with Crippen molar-refractivity contribution < 1.29 is 9.53 Å². The standard InChI is InChI=1S/C19H27ClN2O2.ClH/c20-16-6-4-15(5-7-16)17-13-22(10-11-24-17)18(23)12-19(14-21)8-2-1-3-9-19;/h4-7,17H,1-3,8-14,21H2;1H. The van der Waals surface area contributed by atoms with E-state index in [2.05, 4.69) is 0 Å². The first-order valence-corrected chi connectivity index (χ1v) is 9.35. The van der Waals surface area contributed by atoms with Crippen LogP contribution in [0.1, 0.15) is 50.2 Å². The van der Waals surface area contributed by atoms with Gasteiger partial charge in [0.05, 0.1) is 13.2 Å². The fourth-order valence-electron chi connectivity index (χ4n) is 3.94. The molecule has 2 aliphatic rings. The summed E-state index contributed by atoms with van der Waals surface area (Å²) in [4.78, 5) is 14.8. The number of nitrogens with zero attached hydrogens (tertiary/aromatic N) is 1. The number of amides is 1. The van der Waals surface area contributed by atoms with Gasteiger partial charge >= 0.3 is 0 Å². The molecule has 6 heteroatoms. The minimum absolute atomic E-state index is 0. The molecule has 0 radical (unpaired) electrons. The van der Waals surface area contributed by atoms with Gasteiger partial charge in [0.15, 0.2) is 0 Å². The Morgan fingerprint density at radius 2 is 1.92 bits per heavy atom. The summed E-state index contributed by atoms with van der Waals surface area (Å²) in [5, 5.41) is 0.713. The predicted molar refractivity (Wildman–Crippen MR) is 103 cm³/mol. The minimum atomic E-state index is -0.0693. The van der Waals surface area contributed by atoms with Crippen LogP contribution >= 0.6 is 24.0 Å². The molecule has 3 rings (SSSR count). The Balaban J connectivity index is 0.00000225. The van der Waals surface area contributed by atoms with Crippen LogP contribution in [0.25, 0.3) is 0 Å². The SMILES string of the molecule is Cl.NCC1(CC(=O)N2CCOC(c3ccc(Cl)cc3)C2)CCCCC1. The Morgan fingerprint density at radius 3 is 2.56 bits per heavy atom. The monoisotopic (exact) mass is 386 g/mol. The second-order valence-electron chi connectivity index (χ2n) is 7.19. The summed E-state index contributed by atoms with van der Waals surface area (Å²) in [5.74, 6) is 0.226. The number of hydrogen-bond donors (Lipinski definition) is 1. The Bertz CT molecular complexity index is 559. The normalized spacial score (nSPS) is 23.0. The number of ether oxygens (including phenoxy) is 1. The molecular weight excluding hydrogens is 359 g/mol. The molecule has 2 fully saturated rings. The molecule has 1 saturated heterocycles. The van der Waals surface area contributed by atoms with Crippen molar-refractivity contribution >= 4 is 29.9 Å². The first-order chi connectivity index (χ1) is 11.6. The number of benzene rings is 1. The molecule has 1 aliphatic heterocycles. The van der Waals surface area contributed by atoms with Crippen LogP contribution in [0.3, 0.4) is 0 Å². The number of hydrogen-bond acceptors (Lipinski definition) is 3. The van der Waals surface area contributed by atoms with Crippen LogP contribution in [0.2, 0.25) is 5.02 Å². The lowest BCUT2D eigenvalue weighted by molar-refractivity contribution is -0.142. The van der Waals surface area contributed by atoms with Crippen molar-refractivity contribution in [1.29, 1.82) is 0 Å². The Kier molecular flexibility index (Phi) is 7.56. The number of nitrogens with two attached hydrogens (primary N) is 1. The molecule has 0 bridgehead atoms. The van der Waals surface area contributed by atoms with Crippen LogP contribution in [0.4, 0.5) is 0 Å². The van der Waals surface area contributed by atoms with Crippen LogP contribution in [-0.2, 0) is 9.53 Å². The molecule has 0 aromatic heterocycles. The van der Waals surface area contributed by atoms with Crippen LogP contribution in [0.5, 0.6) is 0 Å². The Hall–Kier alpha value is -0.810. The Morgan fingerprint density at radius 1 is 1.24 bits per heavy atom. The quantitative estimate of drug-likeness (QED) is 0.851. The van der Waals surface area contributed by atoms with Crippen LogP contribution < -0.4 is 5.73 Å². The fraction of sp³-hybridized carbons (Fsp3) is 0.632. The van der Waals surface area contributed by atoms with Gasteiger partial charge in [-0.05, 0) is 42.5 Å². The van der Waals surface area contributed by atoms with Crippen LogP contribution in [-0.4, -0.2) is 37.0 Å². The lowest BCUT2D eigenvalue weighted by Gasteiger charge is -2.39. The first-order valence-electron chi connectivity index (χ1n) is 8.97. The molecule has 140 valence electrons. The maximum atomic E-state index is 12.9. The predicted octanol–water partition coefficient (Wildman–Crippen LogP) is 3.96. The zero-order chi connectivity index (χ0) is 17.0. The van der Waals surface area contributed by atoms with Gasteiger partial charge in [0.25, 0.3) is 0 Å². The van der Waals surface area contributed by atoms with E-state index in [1.165, 1.54) is 19.3 Å². The van der Waals surface area contributed by atoms with Crippen LogP contribution in [0, 0.1) is 5.41 Å². The maximum absolute atomic E-state index is 12.9. The number of morpholine rings is 1. The minimum Gasteiger partial charge on any atom is -0.370 e. The van der Waals surface area contributed by atoms with E-state index in [0.717, 1.165) is 18.4 Å². The molecule has 0 spiro atoms. The number of carbonyl (C=O) groups is 1. The fourth-order valence-corrected chi connectivity index (χ4v) is 4.07. The summed E-state index contributed by atoms with van der Waals surface area (Å²) in [6.07, 6.45) is 6.34. The van der Waals surface area contributed by atoms with E-state index in [9.17, 15) is 4.79 Å². The van der Waals surface area contributed by atoms with Crippen molar-refractivity contribution in [2.75, 3.05) is 26.2 Å². The topological polar surface area (TPSA) is 55.6 Å². The van der Waals surface area contributed by atoms with Crippen molar-refractivity contribution in [1.82, 2.24) is 4.90 Å². The van der Waals surface area contributed by atoms with Gasteiger partial charge in [-0.2, -0.15) is 0 Å². The van der Waals surface area contributed by atoms with Crippen molar-refractivity contribution in [3.8, 4) is 0 Å². The van der Waals surface area contributed by atoms with Crippen LogP contribution in [0.15, 0.2) is 24.3 Å². The van der Waals surface area contributed by atoms with E-state index >= 15 is 0 Å². The average Bonchev–Trinajstić information content (AvgIpc) is 2.63. The van der Waals surface area contributed by atoms with E-state index in [1.807, 2.05) is 29.2 Å². The lowest BCUT2D eigenvalue weighted by Crippen LogP contribution is -2.45. The summed E-state index contributed by atoms with van der Waals surface area (Å²) in [6, 6.07) is 7.69. The van der Waals surface area contributed by atoms with Gasteiger partial charge in [0.1, 0.15) is 6.10 Å². The van der Waals surface area contributed by atoms with Gasteiger partial charge in [-0.25, -0.2) is 0 Å². The highest BCUT2D eigenvalue weighted by atomic mass is 35.5. The number of halogens is 2. The molecule has 1 amide bonds. The molecular formula is C19H28Cl2N2O2. The summed E-state index contributed by atoms with van der Waals surface area (Å²) >= 11 is 5.95. The third-order valence-electron chi connectivity index (χ3n) is 5.53. The maximum Gasteiger partial charge on any atom is 0.223 e. The molecule has 1 aromatic carbocycles. The van der Waals surface area contributed by atoms with E-state index in [-0.39, 0.29) is 29.8 Å². The molecule has 1 aliphatic carbocycles. The lowest BCUT2D eigenvalue weighted by atomic mass is 9.71. The molecule has 2 N–H and O–H groups in total. The van der Waals surface area contributed by atoms with Gasteiger partial charge in [-0.1, -0.05) is 43.0 Å². The van der Waals surface area contributed by atoms with Gasteiger partial charge in [0, 0.05) is 18.0 Å². The molecule has 1 unspecified atom stereocenters. The van der Waals surface area contributed by atoms with Gasteiger partial charge in [0.2, 0.25) is 5.91 Å². The van der Waals surface area contributed by atoms with E-state index in [1.54, 1.807) is 0 Å². The average molecular weight is 387 g/mol.